The summed E-state index contributed by atoms with van der Waals surface area (Å²) in [5.74, 6) is 1.28. The van der Waals surface area contributed by atoms with Crippen LogP contribution in [0.3, 0.4) is 0 Å². The van der Waals surface area contributed by atoms with Crippen LogP contribution in [0.2, 0.25) is 0 Å². The zero-order valence-electron chi connectivity index (χ0n) is 14.0. The van der Waals surface area contributed by atoms with Gasteiger partial charge in [-0.15, -0.1) is 0 Å². The molecule has 1 N–H and O–H groups in total. The van der Waals surface area contributed by atoms with E-state index in [-0.39, 0.29) is 11.5 Å². The highest BCUT2D eigenvalue weighted by Gasteiger charge is 2.33. The molecule has 1 saturated heterocycles. The molecule has 0 aromatic carbocycles. The lowest BCUT2D eigenvalue weighted by Crippen LogP contribution is -2.46. The molecule has 2 aliphatic rings. The lowest BCUT2D eigenvalue weighted by molar-refractivity contribution is 0.0698. The molecule has 0 radical (unpaired) electrons. The number of aromatic nitrogens is 2. The molecule has 6 heteroatoms. The quantitative estimate of drug-likeness (QED) is 0.910. The maximum atomic E-state index is 12.7. The molecule has 0 spiro atoms. The Morgan fingerprint density at radius 1 is 1.39 bits per heavy atom. The highest BCUT2D eigenvalue weighted by Crippen LogP contribution is 2.31. The summed E-state index contributed by atoms with van der Waals surface area (Å²) in [6.07, 6.45) is 6.29. The van der Waals surface area contributed by atoms with Gasteiger partial charge in [-0.1, -0.05) is 13.8 Å². The van der Waals surface area contributed by atoms with E-state index in [9.17, 15) is 9.59 Å². The Bertz CT molecular complexity index is 588. The van der Waals surface area contributed by atoms with Gasteiger partial charge in [0.05, 0.1) is 6.20 Å². The molecule has 1 saturated carbocycles. The molecule has 2 fully saturated rings. The maximum Gasteiger partial charge on any atom is 0.274 e. The molecule has 0 unspecified atom stereocenters. The Morgan fingerprint density at radius 2 is 2.17 bits per heavy atom. The molecular weight excluding hydrogens is 292 g/mol. The third kappa shape index (κ3) is 3.99. The van der Waals surface area contributed by atoms with Crippen LogP contribution in [0.5, 0.6) is 0 Å². The van der Waals surface area contributed by atoms with Crippen LogP contribution in [0.4, 0.5) is 0 Å². The Balaban J connectivity index is 1.73. The molecular formula is C17H26N4O2. The van der Waals surface area contributed by atoms with Gasteiger partial charge in [-0.3, -0.25) is 14.5 Å². The van der Waals surface area contributed by atoms with E-state index in [2.05, 4.69) is 28.7 Å². The third-order valence-electron chi connectivity index (χ3n) is 4.89. The summed E-state index contributed by atoms with van der Waals surface area (Å²) in [6, 6.07) is 0.393. The second-order valence-electron chi connectivity index (χ2n) is 7.15. The van der Waals surface area contributed by atoms with Crippen LogP contribution < -0.4 is 5.56 Å². The molecule has 126 valence electrons. The van der Waals surface area contributed by atoms with Crippen LogP contribution >= 0.6 is 0 Å². The van der Waals surface area contributed by atoms with Gasteiger partial charge in [-0.05, 0) is 31.1 Å². The first-order chi connectivity index (χ1) is 11.0. The molecule has 1 aliphatic carbocycles. The van der Waals surface area contributed by atoms with Crippen molar-refractivity contribution in [3.8, 4) is 0 Å². The van der Waals surface area contributed by atoms with E-state index in [0.29, 0.717) is 17.7 Å². The predicted octanol–water partition coefficient (Wildman–Crippen LogP) is 1.35. The maximum absolute atomic E-state index is 12.7. The van der Waals surface area contributed by atoms with Crippen molar-refractivity contribution in [2.24, 2.45) is 11.8 Å². The minimum Gasteiger partial charge on any atom is -0.336 e. The van der Waals surface area contributed by atoms with Crippen LogP contribution in [0, 0.1) is 11.8 Å². The standard InChI is InChI=1S/C17H26N4O2/c1-12(2)15-11-21(7-3-6-20(15)10-13-4-5-13)17(23)14-8-19-16(22)9-18-14/h8-9,12-13,15H,3-7,10-11H2,1-2H3,(H,19,22)/t15-/m0/s1. The molecule has 6 nitrogen and oxygen atoms in total. The van der Waals surface area contributed by atoms with Gasteiger partial charge in [0.15, 0.2) is 0 Å². The first-order valence-corrected chi connectivity index (χ1v) is 8.62. The summed E-state index contributed by atoms with van der Waals surface area (Å²) >= 11 is 0. The van der Waals surface area contributed by atoms with Crippen molar-refractivity contribution in [2.75, 3.05) is 26.2 Å². The lowest BCUT2D eigenvalue weighted by atomic mass is 10.0. The van der Waals surface area contributed by atoms with E-state index in [4.69, 9.17) is 0 Å². The third-order valence-corrected chi connectivity index (χ3v) is 4.89. The molecule has 1 aromatic rings. The number of carbonyl (C=O) groups excluding carboxylic acids is 1. The molecule has 3 rings (SSSR count). The smallest absolute Gasteiger partial charge is 0.274 e. The van der Waals surface area contributed by atoms with E-state index >= 15 is 0 Å². The van der Waals surface area contributed by atoms with Gasteiger partial charge in [0.25, 0.3) is 11.5 Å². The summed E-state index contributed by atoms with van der Waals surface area (Å²) in [7, 11) is 0. The van der Waals surface area contributed by atoms with Crippen molar-refractivity contribution in [1.82, 2.24) is 19.8 Å². The Morgan fingerprint density at radius 3 is 2.78 bits per heavy atom. The number of rotatable bonds is 4. The zero-order chi connectivity index (χ0) is 16.4. The van der Waals surface area contributed by atoms with Crippen molar-refractivity contribution in [3.05, 3.63) is 28.4 Å². The highest BCUT2D eigenvalue weighted by molar-refractivity contribution is 5.92. The van der Waals surface area contributed by atoms with Crippen LogP contribution in [0.15, 0.2) is 17.2 Å². The normalized spacial score (nSPS) is 23.1. The molecule has 2 heterocycles. The van der Waals surface area contributed by atoms with Gasteiger partial charge in [-0.2, -0.15) is 0 Å². The van der Waals surface area contributed by atoms with Gasteiger partial charge >= 0.3 is 0 Å². The monoisotopic (exact) mass is 318 g/mol. The molecule has 23 heavy (non-hydrogen) atoms. The van der Waals surface area contributed by atoms with Crippen molar-refractivity contribution >= 4 is 5.91 Å². The summed E-state index contributed by atoms with van der Waals surface area (Å²) in [5, 5.41) is 0. The van der Waals surface area contributed by atoms with Crippen LogP contribution in [0.25, 0.3) is 0 Å². The highest BCUT2D eigenvalue weighted by atomic mass is 16.2. The molecule has 1 atom stereocenters. The van der Waals surface area contributed by atoms with Crippen LogP contribution in [-0.2, 0) is 0 Å². The number of hydrogen-bond donors (Lipinski definition) is 1. The van der Waals surface area contributed by atoms with E-state index in [0.717, 1.165) is 32.0 Å². The molecule has 1 aliphatic heterocycles. The Labute approximate surface area is 136 Å². The van der Waals surface area contributed by atoms with Gasteiger partial charge in [0, 0.05) is 38.4 Å². The SMILES string of the molecule is CC(C)[C@@H]1CN(C(=O)c2c[nH]c(=O)cn2)CCCN1CC1CC1. The number of aromatic amines is 1. The summed E-state index contributed by atoms with van der Waals surface area (Å²) in [5.41, 5.74) is 0.0378. The van der Waals surface area contributed by atoms with E-state index < -0.39 is 0 Å². The van der Waals surface area contributed by atoms with Gasteiger partial charge < -0.3 is 9.88 Å². The van der Waals surface area contributed by atoms with E-state index in [1.54, 1.807) is 0 Å². The van der Waals surface area contributed by atoms with Crippen molar-refractivity contribution in [1.29, 1.82) is 0 Å². The predicted molar refractivity (Wildman–Crippen MR) is 88.3 cm³/mol. The second kappa shape index (κ2) is 6.83. The van der Waals surface area contributed by atoms with Gasteiger partial charge in [0.1, 0.15) is 5.69 Å². The van der Waals surface area contributed by atoms with E-state index in [1.807, 2.05) is 4.90 Å². The average Bonchev–Trinajstić information content (AvgIpc) is 3.34. The average molecular weight is 318 g/mol. The fourth-order valence-corrected chi connectivity index (χ4v) is 3.36. The molecule has 1 aromatic heterocycles. The first kappa shape index (κ1) is 16.2. The minimum absolute atomic E-state index is 0.0832. The Hall–Kier alpha value is -1.69. The molecule has 0 bridgehead atoms. The number of hydrogen-bond acceptors (Lipinski definition) is 4. The number of carbonyl (C=O) groups is 1. The molecule has 1 amide bonds. The lowest BCUT2D eigenvalue weighted by Gasteiger charge is -2.34. The van der Waals surface area contributed by atoms with Gasteiger partial charge in [0.2, 0.25) is 0 Å². The topological polar surface area (TPSA) is 69.3 Å². The zero-order valence-corrected chi connectivity index (χ0v) is 14.0. The van der Waals surface area contributed by atoms with Crippen molar-refractivity contribution in [3.63, 3.8) is 0 Å². The van der Waals surface area contributed by atoms with Gasteiger partial charge in [-0.25, -0.2) is 4.98 Å². The van der Waals surface area contributed by atoms with Crippen molar-refractivity contribution < 1.29 is 4.79 Å². The van der Waals surface area contributed by atoms with Crippen LogP contribution in [-0.4, -0.2) is 57.9 Å². The Kier molecular flexibility index (Phi) is 4.80. The largest absolute Gasteiger partial charge is 0.336 e. The minimum atomic E-state index is -0.284. The summed E-state index contributed by atoms with van der Waals surface area (Å²) < 4.78 is 0. The number of H-pyrrole nitrogens is 1. The van der Waals surface area contributed by atoms with E-state index in [1.165, 1.54) is 31.8 Å². The fourth-order valence-electron chi connectivity index (χ4n) is 3.36. The first-order valence-electron chi connectivity index (χ1n) is 8.62. The van der Waals surface area contributed by atoms with Crippen molar-refractivity contribution in [2.45, 2.75) is 39.2 Å². The second-order valence-corrected chi connectivity index (χ2v) is 7.15. The number of nitrogens with one attached hydrogen (secondary N) is 1. The fraction of sp³-hybridized carbons (Fsp3) is 0.706. The van der Waals surface area contributed by atoms with Crippen LogP contribution in [0.1, 0.15) is 43.6 Å². The number of nitrogens with zero attached hydrogens (tertiary/aromatic N) is 3. The number of amides is 1. The summed E-state index contributed by atoms with van der Waals surface area (Å²) in [4.78, 5) is 34.8. The summed E-state index contributed by atoms with van der Waals surface area (Å²) in [6.45, 7) is 8.19.